The summed E-state index contributed by atoms with van der Waals surface area (Å²) in [5, 5.41) is 4.42. The average Bonchev–Trinajstić information content (AvgIpc) is 3.05. The fourth-order valence-corrected chi connectivity index (χ4v) is 4.43. The molecule has 0 saturated carbocycles. The summed E-state index contributed by atoms with van der Waals surface area (Å²) in [5.41, 5.74) is 3.57. The van der Waals surface area contributed by atoms with Crippen molar-refractivity contribution in [1.29, 1.82) is 0 Å². The zero-order chi connectivity index (χ0) is 19.0. The molecule has 1 atom stereocenters. The molecule has 146 valence electrons. The number of urea groups is 1. The first kappa shape index (κ1) is 18.2. The van der Waals surface area contributed by atoms with Crippen molar-refractivity contribution in [3.63, 3.8) is 0 Å². The van der Waals surface area contributed by atoms with E-state index >= 15 is 0 Å². The SMILES string of the molecule is COc1ccc2[nH]c3c(c2c1)CN(C(=O)N[C@H](C)C1CCN(C)CC1)CC3. The third kappa shape index (κ3) is 3.63. The van der Waals surface area contributed by atoms with Gasteiger partial charge < -0.3 is 24.8 Å². The van der Waals surface area contributed by atoms with Gasteiger partial charge in [0.2, 0.25) is 0 Å². The summed E-state index contributed by atoms with van der Waals surface area (Å²) >= 11 is 0. The van der Waals surface area contributed by atoms with Crippen molar-refractivity contribution < 1.29 is 9.53 Å². The van der Waals surface area contributed by atoms with E-state index in [1.807, 2.05) is 11.0 Å². The largest absolute Gasteiger partial charge is 0.497 e. The summed E-state index contributed by atoms with van der Waals surface area (Å²) < 4.78 is 5.37. The van der Waals surface area contributed by atoms with Gasteiger partial charge in [0, 0.05) is 47.7 Å². The van der Waals surface area contributed by atoms with Gasteiger partial charge in [-0.25, -0.2) is 4.79 Å². The van der Waals surface area contributed by atoms with Crippen LogP contribution in [0.1, 0.15) is 31.0 Å². The molecule has 2 aliphatic rings. The van der Waals surface area contributed by atoms with Gasteiger partial charge in [-0.1, -0.05) is 0 Å². The summed E-state index contributed by atoms with van der Waals surface area (Å²) in [5.74, 6) is 1.42. The first-order valence-corrected chi connectivity index (χ1v) is 9.96. The molecule has 2 amide bonds. The van der Waals surface area contributed by atoms with E-state index in [-0.39, 0.29) is 12.1 Å². The predicted molar refractivity (Wildman–Crippen MR) is 107 cm³/mol. The van der Waals surface area contributed by atoms with Crippen LogP contribution in [0.5, 0.6) is 5.75 Å². The number of benzene rings is 1. The lowest BCUT2D eigenvalue weighted by Crippen LogP contribution is -2.49. The minimum Gasteiger partial charge on any atom is -0.497 e. The second-order valence-electron chi connectivity index (χ2n) is 8.04. The number of aromatic amines is 1. The summed E-state index contributed by atoms with van der Waals surface area (Å²) in [4.78, 5) is 20.7. The number of ether oxygens (including phenoxy) is 1. The molecule has 27 heavy (non-hydrogen) atoms. The first-order chi connectivity index (χ1) is 13.0. The number of aromatic nitrogens is 1. The molecule has 2 N–H and O–H groups in total. The van der Waals surface area contributed by atoms with Crippen LogP contribution in [-0.4, -0.2) is 60.6 Å². The van der Waals surface area contributed by atoms with Crippen LogP contribution >= 0.6 is 0 Å². The van der Waals surface area contributed by atoms with Gasteiger partial charge in [-0.3, -0.25) is 0 Å². The Morgan fingerprint density at radius 1 is 1.30 bits per heavy atom. The fraction of sp³-hybridized carbons (Fsp3) is 0.571. The lowest BCUT2D eigenvalue weighted by atomic mass is 9.90. The fourth-order valence-electron chi connectivity index (χ4n) is 4.43. The maximum atomic E-state index is 12.9. The molecule has 3 heterocycles. The number of piperidine rings is 1. The summed E-state index contributed by atoms with van der Waals surface area (Å²) in [6.45, 7) is 5.79. The van der Waals surface area contributed by atoms with Crippen molar-refractivity contribution in [1.82, 2.24) is 20.1 Å². The summed E-state index contributed by atoms with van der Waals surface area (Å²) in [6, 6.07) is 6.37. The Labute approximate surface area is 160 Å². The second kappa shape index (κ2) is 7.43. The topological polar surface area (TPSA) is 60.6 Å². The third-order valence-electron chi connectivity index (χ3n) is 6.29. The third-order valence-corrected chi connectivity index (χ3v) is 6.29. The molecule has 0 bridgehead atoms. The number of rotatable bonds is 3. The minimum atomic E-state index is 0.0596. The van der Waals surface area contributed by atoms with Crippen molar-refractivity contribution in [2.45, 2.75) is 38.8 Å². The molecule has 0 spiro atoms. The maximum Gasteiger partial charge on any atom is 0.317 e. The zero-order valence-electron chi connectivity index (χ0n) is 16.5. The van der Waals surface area contributed by atoms with Gasteiger partial charge in [0.25, 0.3) is 0 Å². The van der Waals surface area contributed by atoms with Crippen LogP contribution < -0.4 is 10.1 Å². The summed E-state index contributed by atoms with van der Waals surface area (Å²) in [7, 11) is 3.85. The number of H-pyrrole nitrogens is 1. The Kier molecular flexibility index (Phi) is 5.00. The number of hydrogen-bond acceptors (Lipinski definition) is 3. The van der Waals surface area contributed by atoms with Crippen LogP contribution in [0.4, 0.5) is 4.79 Å². The van der Waals surface area contributed by atoms with E-state index in [0.717, 1.165) is 55.5 Å². The van der Waals surface area contributed by atoms with Crippen LogP contribution in [0, 0.1) is 5.92 Å². The molecule has 0 aliphatic carbocycles. The van der Waals surface area contributed by atoms with Crippen molar-refractivity contribution >= 4 is 16.9 Å². The number of carbonyl (C=O) groups excluding carboxylic acids is 1. The number of hydrogen-bond donors (Lipinski definition) is 2. The second-order valence-corrected chi connectivity index (χ2v) is 8.04. The van der Waals surface area contributed by atoms with Gasteiger partial charge in [-0.15, -0.1) is 0 Å². The standard InChI is InChI=1S/C21H30N4O2/c1-14(15-6-9-24(2)10-7-15)22-21(26)25-11-8-20-18(13-25)17-12-16(27-3)4-5-19(17)23-20/h4-5,12,14-15,23H,6-11,13H2,1-3H3,(H,22,26)/t14-/m1/s1. The van der Waals surface area contributed by atoms with E-state index < -0.39 is 0 Å². The smallest absolute Gasteiger partial charge is 0.317 e. The van der Waals surface area contributed by atoms with Crippen LogP contribution in [0.15, 0.2) is 18.2 Å². The molecular formula is C21H30N4O2. The number of amides is 2. The van der Waals surface area contributed by atoms with Gasteiger partial charge in [-0.2, -0.15) is 0 Å². The monoisotopic (exact) mass is 370 g/mol. The molecule has 1 saturated heterocycles. The van der Waals surface area contributed by atoms with Crippen LogP contribution in [0.2, 0.25) is 0 Å². The van der Waals surface area contributed by atoms with Crippen LogP contribution in [-0.2, 0) is 13.0 Å². The van der Waals surface area contributed by atoms with Crippen molar-refractivity contribution in [3.8, 4) is 5.75 Å². The van der Waals surface area contributed by atoms with Gasteiger partial charge in [0.1, 0.15) is 5.75 Å². The lowest BCUT2D eigenvalue weighted by molar-refractivity contribution is 0.166. The van der Waals surface area contributed by atoms with Crippen molar-refractivity contribution in [3.05, 3.63) is 29.5 Å². The summed E-state index contributed by atoms with van der Waals surface area (Å²) in [6.07, 6.45) is 3.18. The van der Waals surface area contributed by atoms with Crippen LogP contribution in [0.3, 0.4) is 0 Å². The molecule has 1 aromatic carbocycles. The van der Waals surface area contributed by atoms with E-state index in [0.29, 0.717) is 12.5 Å². The Hall–Kier alpha value is -2.21. The molecule has 6 heteroatoms. The van der Waals surface area contributed by atoms with Gasteiger partial charge in [0.15, 0.2) is 0 Å². The number of methoxy groups -OCH3 is 1. The maximum absolute atomic E-state index is 12.9. The average molecular weight is 370 g/mol. The van der Waals surface area contributed by atoms with Crippen LogP contribution in [0.25, 0.3) is 10.9 Å². The molecular weight excluding hydrogens is 340 g/mol. The Morgan fingerprint density at radius 2 is 2.07 bits per heavy atom. The highest BCUT2D eigenvalue weighted by Crippen LogP contribution is 2.30. The minimum absolute atomic E-state index is 0.0596. The number of fused-ring (bicyclic) bond motifs is 3. The Morgan fingerprint density at radius 3 is 2.81 bits per heavy atom. The molecule has 1 aromatic heterocycles. The van der Waals surface area contributed by atoms with E-state index in [1.54, 1.807) is 7.11 Å². The van der Waals surface area contributed by atoms with E-state index in [4.69, 9.17) is 4.74 Å². The number of carbonyl (C=O) groups is 1. The zero-order valence-corrected chi connectivity index (χ0v) is 16.5. The highest BCUT2D eigenvalue weighted by molar-refractivity contribution is 5.87. The highest BCUT2D eigenvalue weighted by Gasteiger charge is 2.28. The lowest BCUT2D eigenvalue weighted by Gasteiger charge is -2.35. The molecule has 2 aromatic rings. The highest BCUT2D eigenvalue weighted by atomic mass is 16.5. The molecule has 2 aliphatic heterocycles. The number of nitrogens with one attached hydrogen (secondary N) is 2. The van der Waals surface area contributed by atoms with Gasteiger partial charge >= 0.3 is 6.03 Å². The number of likely N-dealkylation sites (tertiary alicyclic amines) is 1. The molecule has 6 nitrogen and oxygen atoms in total. The number of nitrogens with zero attached hydrogens (tertiary/aromatic N) is 2. The molecule has 4 rings (SSSR count). The van der Waals surface area contributed by atoms with Crippen molar-refractivity contribution in [2.75, 3.05) is 33.8 Å². The van der Waals surface area contributed by atoms with E-state index in [1.165, 1.54) is 11.3 Å². The predicted octanol–water partition coefficient (Wildman–Crippen LogP) is 2.97. The molecule has 1 fully saturated rings. The first-order valence-electron chi connectivity index (χ1n) is 9.96. The Bertz CT molecular complexity index is 823. The molecule has 0 unspecified atom stereocenters. The molecule has 0 radical (unpaired) electrons. The quantitative estimate of drug-likeness (QED) is 0.873. The van der Waals surface area contributed by atoms with E-state index in [9.17, 15) is 4.79 Å². The van der Waals surface area contributed by atoms with Gasteiger partial charge in [-0.05, 0) is 64.0 Å². The van der Waals surface area contributed by atoms with E-state index in [2.05, 4.69) is 41.3 Å². The normalized spacial score (nSPS) is 19.7. The van der Waals surface area contributed by atoms with Gasteiger partial charge in [0.05, 0.1) is 7.11 Å². The Balaban J connectivity index is 1.44. The van der Waals surface area contributed by atoms with Crippen molar-refractivity contribution in [2.24, 2.45) is 5.92 Å².